The molecule has 1 aromatic rings. The molecule has 0 aliphatic carbocycles. The molecule has 8 heteroatoms. The average molecular weight is 480 g/mol. The van der Waals surface area contributed by atoms with Gasteiger partial charge >= 0.3 is 6.09 Å². The fraction of sp³-hybridized carbons (Fsp3) is 0.529. The number of phenols is 1. The smallest absolute Gasteiger partial charge is 0.408 e. The number of hydrogen-bond donors (Lipinski definition) is 3. The van der Waals surface area contributed by atoms with E-state index in [0.717, 1.165) is 0 Å². The summed E-state index contributed by atoms with van der Waals surface area (Å²) in [5, 5.41) is 15.1. The van der Waals surface area contributed by atoms with Gasteiger partial charge in [-0.25, -0.2) is 4.79 Å². The first-order valence-electron chi connectivity index (χ1n) is 7.87. The number of alkyl carbamates (subject to hydrolysis) is 1. The molecule has 0 unspecified atom stereocenters. The van der Waals surface area contributed by atoms with Gasteiger partial charge in [-0.3, -0.25) is 4.79 Å². The van der Waals surface area contributed by atoms with Gasteiger partial charge in [0.05, 0.1) is 8.95 Å². The lowest BCUT2D eigenvalue weighted by molar-refractivity contribution is -0.118. The summed E-state index contributed by atoms with van der Waals surface area (Å²) in [6, 6.07) is 2.43. The number of nitrogens with one attached hydrogen (secondary N) is 2. The Morgan fingerprint density at radius 1 is 1.20 bits per heavy atom. The van der Waals surface area contributed by atoms with Crippen LogP contribution in [0.15, 0.2) is 21.1 Å². The Kier molecular flexibility index (Phi) is 7.74. The molecule has 0 saturated carbocycles. The van der Waals surface area contributed by atoms with Crippen molar-refractivity contribution in [2.75, 3.05) is 5.32 Å². The molecule has 3 N–H and O–H groups in total. The average Bonchev–Trinajstić information content (AvgIpc) is 2.41. The van der Waals surface area contributed by atoms with Gasteiger partial charge < -0.3 is 20.5 Å². The predicted octanol–water partition coefficient (Wildman–Crippen LogP) is 4.80. The Hall–Kier alpha value is -1.28. The number of amides is 2. The lowest BCUT2D eigenvalue weighted by Crippen LogP contribution is -2.46. The molecule has 0 saturated heterocycles. The second-order valence-electron chi connectivity index (χ2n) is 7.11. The topological polar surface area (TPSA) is 87.7 Å². The highest BCUT2D eigenvalue weighted by molar-refractivity contribution is 9.11. The van der Waals surface area contributed by atoms with E-state index in [1.807, 2.05) is 13.8 Å². The Morgan fingerprint density at radius 3 is 2.16 bits per heavy atom. The minimum absolute atomic E-state index is 0.0450. The molecule has 1 rings (SSSR count). The third-order valence-corrected chi connectivity index (χ3v) is 4.21. The molecule has 0 heterocycles. The molecule has 0 radical (unpaired) electrons. The Labute approximate surface area is 165 Å². The monoisotopic (exact) mass is 478 g/mol. The van der Waals surface area contributed by atoms with Crippen LogP contribution in [0.1, 0.15) is 41.0 Å². The second kappa shape index (κ2) is 8.89. The standard InChI is InChI=1S/C17H24Br2N2O4/c1-9(2)6-13(21-16(24)25-17(3,4)5)15(23)20-10-7-11(18)14(22)12(19)8-10/h7-9,13,22H,6H2,1-5H3,(H,20,23)(H,21,24)/t13-/m0/s1. The van der Waals surface area contributed by atoms with Gasteiger partial charge in [0.2, 0.25) is 5.91 Å². The van der Waals surface area contributed by atoms with E-state index < -0.39 is 17.7 Å². The van der Waals surface area contributed by atoms with Gasteiger partial charge in [-0.2, -0.15) is 0 Å². The van der Waals surface area contributed by atoms with Gasteiger partial charge in [0.15, 0.2) is 0 Å². The summed E-state index contributed by atoms with van der Waals surface area (Å²) in [6.45, 7) is 9.20. The van der Waals surface area contributed by atoms with Crippen LogP contribution in [0, 0.1) is 5.92 Å². The number of rotatable bonds is 5. The van der Waals surface area contributed by atoms with Gasteiger partial charge in [-0.1, -0.05) is 13.8 Å². The van der Waals surface area contributed by atoms with Crippen molar-refractivity contribution in [3.63, 3.8) is 0 Å². The summed E-state index contributed by atoms with van der Waals surface area (Å²) >= 11 is 6.43. The summed E-state index contributed by atoms with van der Waals surface area (Å²) < 4.78 is 6.11. The summed E-state index contributed by atoms with van der Waals surface area (Å²) in [4.78, 5) is 24.6. The zero-order valence-electron chi connectivity index (χ0n) is 14.9. The number of carbonyl (C=O) groups is 2. The molecule has 0 aliphatic heterocycles. The molecule has 1 aromatic carbocycles. The van der Waals surface area contributed by atoms with Crippen molar-refractivity contribution >= 4 is 49.5 Å². The van der Waals surface area contributed by atoms with Crippen molar-refractivity contribution in [3.05, 3.63) is 21.1 Å². The molecule has 0 fully saturated rings. The molecule has 140 valence electrons. The maximum absolute atomic E-state index is 12.6. The van der Waals surface area contributed by atoms with Crippen LogP contribution in [-0.2, 0) is 9.53 Å². The molecular weight excluding hydrogens is 456 g/mol. The normalized spacial score (nSPS) is 12.6. The minimum Gasteiger partial charge on any atom is -0.506 e. The van der Waals surface area contributed by atoms with Gasteiger partial charge in [-0.05, 0) is 77.1 Å². The van der Waals surface area contributed by atoms with E-state index in [4.69, 9.17) is 4.74 Å². The number of benzene rings is 1. The molecular formula is C17H24Br2N2O4. The van der Waals surface area contributed by atoms with Crippen LogP contribution in [0.2, 0.25) is 0 Å². The Bertz CT molecular complexity index is 619. The van der Waals surface area contributed by atoms with Crippen LogP contribution in [-0.4, -0.2) is 28.7 Å². The maximum Gasteiger partial charge on any atom is 0.408 e. The molecule has 1 atom stereocenters. The quantitative estimate of drug-likeness (QED) is 0.529. The van der Waals surface area contributed by atoms with Crippen LogP contribution >= 0.6 is 31.9 Å². The first kappa shape index (κ1) is 21.8. The third-order valence-electron chi connectivity index (χ3n) is 3.00. The van der Waals surface area contributed by atoms with Crippen molar-refractivity contribution < 1.29 is 19.4 Å². The lowest BCUT2D eigenvalue weighted by Gasteiger charge is -2.24. The molecule has 0 bridgehead atoms. The fourth-order valence-electron chi connectivity index (χ4n) is 2.02. The van der Waals surface area contributed by atoms with E-state index in [1.54, 1.807) is 32.9 Å². The van der Waals surface area contributed by atoms with E-state index in [-0.39, 0.29) is 17.6 Å². The van der Waals surface area contributed by atoms with Crippen LogP contribution in [0.5, 0.6) is 5.75 Å². The van der Waals surface area contributed by atoms with Gasteiger partial charge in [0, 0.05) is 5.69 Å². The highest BCUT2D eigenvalue weighted by atomic mass is 79.9. The number of ether oxygens (including phenoxy) is 1. The highest BCUT2D eigenvalue weighted by Gasteiger charge is 2.25. The summed E-state index contributed by atoms with van der Waals surface area (Å²) in [6.07, 6.45) is -0.174. The molecule has 0 aliphatic rings. The van der Waals surface area contributed by atoms with E-state index in [2.05, 4.69) is 42.5 Å². The van der Waals surface area contributed by atoms with Crippen molar-refractivity contribution in [1.29, 1.82) is 0 Å². The van der Waals surface area contributed by atoms with E-state index in [9.17, 15) is 14.7 Å². The largest absolute Gasteiger partial charge is 0.506 e. The van der Waals surface area contributed by atoms with Crippen LogP contribution < -0.4 is 10.6 Å². The molecule has 6 nitrogen and oxygen atoms in total. The summed E-state index contributed by atoms with van der Waals surface area (Å²) in [5.74, 6) is -0.114. The summed E-state index contributed by atoms with van der Waals surface area (Å²) in [5.41, 5.74) is -0.156. The number of halogens is 2. The van der Waals surface area contributed by atoms with E-state index in [0.29, 0.717) is 21.1 Å². The number of anilines is 1. The van der Waals surface area contributed by atoms with Crippen molar-refractivity contribution in [1.82, 2.24) is 5.32 Å². The minimum atomic E-state index is -0.735. The highest BCUT2D eigenvalue weighted by Crippen LogP contribution is 2.35. The van der Waals surface area contributed by atoms with Gasteiger partial charge in [-0.15, -0.1) is 0 Å². The van der Waals surface area contributed by atoms with Crippen molar-refractivity contribution in [3.8, 4) is 5.75 Å². The van der Waals surface area contributed by atoms with Crippen molar-refractivity contribution in [2.45, 2.75) is 52.7 Å². The first-order chi connectivity index (χ1) is 11.4. The van der Waals surface area contributed by atoms with Crippen molar-refractivity contribution in [2.24, 2.45) is 5.92 Å². The predicted molar refractivity (Wildman–Crippen MR) is 105 cm³/mol. The number of carbonyl (C=O) groups excluding carboxylic acids is 2. The number of hydrogen-bond acceptors (Lipinski definition) is 4. The van der Waals surface area contributed by atoms with Gasteiger partial charge in [0.25, 0.3) is 0 Å². The maximum atomic E-state index is 12.6. The van der Waals surface area contributed by atoms with E-state index in [1.165, 1.54) is 0 Å². The van der Waals surface area contributed by atoms with Gasteiger partial charge in [0.1, 0.15) is 17.4 Å². The summed E-state index contributed by atoms with van der Waals surface area (Å²) in [7, 11) is 0. The Balaban J connectivity index is 2.88. The lowest BCUT2D eigenvalue weighted by atomic mass is 10.0. The second-order valence-corrected chi connectivity index (χ2v) is 8.81. The third kappa shape index (κ3) is 7.64. The van der Waals surface area contributed by atoms with Crippen LogP contribution in [0.4, 0.5) is 10.5 Å². The number of aromatic hydroxyl groups is 1. The van der Waals surface area contributed by atoms with E-state index >= 15 is 0 Å². The molecule has 0 spiro atoms. The molecule has 0 aromatic heterocycles. The number of phenolic OH excluding ortho intramolecular Hbond substituents is 1. The molecule has 25 heavy (non-hydrogen) atoms. The fourth-order valence-corrected chi connectivity index (χ4v) is 3.21. The SMILES string of the molecule is CC(C)C[C@H](NC(=O)OC(C)(C)C)C(=O)Nc1cc(Br)c(O)c(Br)c1. The Morgan fingerprint density at radius 2 is 1.72 bits per heavy atom. The van der Waals surface area contributed by atoms with Crippen LogP contribution in [0.25, 0.3) is 0 Å². The first-order valence-corrected chi connectivity index (χ1v) is 9.46. The molecule has 2 amide bonds. The van der Waals surface area contributed by atoms with Crippen LogP contribution in [0.3, 0.4) is 0 Å². The zero-order valence-corrected chi connectivity index (χ0v) is 18.1. The zero-order chi connectivity index (χ0) is 19.4.